The summed E-state index contributed by atoms with van der Waals surface area (Å²) < 4.78 is 40.9. The summed E-state index contributed by atoms with van der Waals surface area (Å²) in [6, 6.07) is 17.2. The van der Waals surface area contributed by atoms with Crippen molar-refractivity contribution in [2.75, 3.05) is 13.1 Å². The summed E-state index contributed by atoms with van der Waals surface area (Å²) in [4.78, 5) is 28.5. The quantitative estimate of drug-likeness (QED) is 0.269. The van der Waals surface area contributed by atoms with Crippen molar-refractivity contribution in [3.63, 3.8) is 0 Å². The fourth-order valence-corrected chi connectivity index (χ4v) is 5.39. The van der Waals surface area contributed by atoms with Gasteiger partial charge in [0.25, 0.3) is 11.8 Å². The number of nitrogens with one attached hydrogen (secondary N) is 2. The van der Waals surface area contributed by atoms with E-state index in [0.29, 0.717) is 36.5 Å². The molecule has 0 unspecified atom stereocenters. The zero-order valence-electron chi connectivity index (χ0n) is 23.7. The summed E-state index contributed by atoms with van der Waals surface area (Å²) in [6.45, 7) is 5.29. The van der Waals surface area contributed by atoms with Gasteiger partial charge in [-0.3, -0.25) is 9.59 Å². The lowest BCUT2D eigenvalue weighted by Gasteiger charge is -2.35. The number of rotatable bonds is 12. The lowest BCUT2D eigenvalue weighted by Crippen LogP contribution is -2.50. The molecule has 7 nitrogen and oxygen atoms in total. The number of carbonyl (C=O) groups is 2. The van der Waals surface area contributed by atoms with Crippen LogP contribution in [-0.4, -0.2) is 57.7 Å². The molecule has 3 N–H and O–H groups in total. The van der Waals surface area contributed by atoms with Crippen molar-refractivity contribution >= 4 is 24.2 Å². The molecule has 0 aliphatic carbocycles. The average molecular weight is 607 g/mol. The third kappa shape index (κ3) is 7.93. The summed E-state index contributed by atoms with van der Waals surface area (Å²) in [5.74, 6) is -0.499. The van der Waals surface area contributed by atoms with E-state index in [-0.39, 0.29) is 37.4 Å². The van der Waals surface area contributed by atoms with Gasteiger partial charge in [-0.25, -0.2) is 0 Å². The van der Waals surface area contributed by atoms with Crippen LogP contribution in [0, 0.1) is 0 Å². The maximum Gasteiger partial charge on any atom is 0.416 e. The molecule has 0 bridgehead atoms. The van der Waals surface area contributed by atoms with Crippen LogP contribution >= 0.6 is 12.4 Å². The van der Waals surface area contributed by atoms with Gasteiger partial charge < -0.3 is 25.2 Å². The maximum absolute atomic E-state index is 13.4. The average Bonchev–Trinajstić information content (AvgIpc) is 3.40. The van der Waals surface area contributed by atoms with E-state index < -0.39 is 29.8 Å². The van der Waals surface area contributed by atoms with Gasteiger partial charge >= 0.3 is 6.18 Å². The molecule has 2 amide bonds. The number of nitrogens with zero attached hydrogens (tertiary/aromatic N) is 2. The minimum Gasteiger partial charge on any atom is -0.390 e. The molecule has 4 rings (SSSR count). The van der Waals surface area contributed by atoms with Crippen molar-refractivity contribution in [3.05, 3.63) is 94.8 Å². The van der Waals surface area contributed by atoms with Gasteiger partial charge in [0.05, 0.1) is 17.7 Å². The maximum atomic E-state index is 13.4. The minimum atomic E-state index is -4.44. The molecule has 2 heterocycles. The number of alkyl halides is 3. The van der Waals surface area contributed by atoms with Crippen molar-refractivity contribution in [1.82, 2.24) is 20.1 Å². The van der Waals surface area contributed by atoms with Gasteiger partial charge in [0.2, 0.25) is 0 Å². The lowest BCUT2D eigenvalue weighted by molar-refractivity contribution is -0.137. The molecule has 0 fully saturated rings. The minimum absolute atomic E-state index is 0. The molecule has 228 valence electrons. The predicted octanol–water partition coefficient (Wildman–Crippen LogP) is 5.06. The molecular formula is C31H38ClF3N4O3. The van der Waals surface area contributed by atoms with E-state index in [0.717, 1.165) is 30.5 Å². The number of carbonyl (C=O) groups excluding carboxylic acids is 2. The third-order valence-corrected chi connectivity index (χ3v) is 7.66. The van der Waals surface area contributed by atoms with Crippen molar-refractivity contribution in [1.29, 1.82) is 0 Å². The first-order valence-electron chi connectivity index (χ1n) is 14.0. The Morgan fingerprint density at radius 2 is 1.67 bits per heavy atom. The fraction of sp³-hybridized carbons (Fsp3) is 0.419. The van der Waals surface area contributed by atoms with Crippen LogP contribution < -0.4 is 10.6 Å². The molecule has 2 atom stereocenters. The van der Waals surface area contributed by atoms with E-state index in [1.54, 1.807) is 22.8 Å². The highest BCUT2D eigenvalue weighted by Gasteiger charge is 2.32. The Hall–Kier alpha value is -3.34. The molecule has 0 spiro atoms. The van der Waals surface area contributed by atoms with Crippen molar-refractivity contribution in [2.45, 2.75) is 70.6 Å². The van der Waals surface area contributed by atoms with Gasteiger partial charge in [0.15, 0.2) is 0 Å². The molecule has 42 heavy (non-hydrogen) atoms. The summed E-state index contributed by atoms with van der Waals surface area (Å²) in [5.41, 5.74) is 1.42. The summed E-state index contributed by atoms with van der Waals surface area (Å²) >= 11 is 0. The molecule has 0 radical (unpaired) electrons. The molecule has 1 aliphatic heterocycles. The van der Waals surface area contributed by atoms with Crippen LogP contribution in [0.5, 0.6) is 0 Å². The van der Waals surface area contributed by atoms with Gasteiger partial charge in [-0.2, -0.15) is 13.2 Å². The van der Waals surface area contributed by atoms with Gasteiger partial charge in [-0.15, -0.1) is 12.4 Å². The number of amides is 2. The third-order valence-electron chi connectivity index (χ3n) is 7.66. The zero-order valence-corrected chi connectivity index (χ0v) is 24.5. The highest BCUT2D eigenvalue weighted by atomic mass is 35.5. The van der Waals surface area contributed by atoms with Crippen molar-refractivity contribution in [3.8, 4) is 0 Å². The number of aliphatic hydroxyl groups is 1. The topological polar surface area (TPSA) is 86.6 Å². The van der Waals surface area contributed by atoms with Crippen LogP contribution in [0.2, 0.25) is 0 Å². The number of hydrogen-bond acceptors (Lipinski definition) is 4. The summed E-state index contributed by atoms with van der Waals surface area (Å²) in [5, 5.41) is 17.0. The SMILES string of the molecule is CCC(CC)N1CCn2c(C(=O)N[C@@H](Cc3ccccc3)[C@@H](O)CNCc3cccc(C(F)(F)F)c3)ccc2C1=O.Cl. The molecule has 0 saturated carbocycles. The Bertz CT molecular complexity index is 1330. The van der Waals surface area contributed by atoms with Crippen LogP contribution in [0.4, 0.5) is 13.2 Å². The number of benzene rings is 2. The predicted molar refractivity (Wildman–Crippen MR) is 158 cm³/mol. The van der Waals surface area contributed by atoms with Crippen LogP contribution in [0.25, 0.3) is 0 Å². The highest BCUT2D eigenvalue weighted by Crippen LogP contribution is 2.29. The second-order valence-electron chi connectivity index (χ2n) is 10.4. The number of aliphatic hydroxyl groups excluding tert-OH is 1. The Balaban J connectivity index is 0.00000484. The Kier molecular flexibility index (Phi) is 11.6. The van der Waals surface area contributed by atoms with E-state index in [9.17, 15) is 27.9 Å². The molecule has 0 saturated heterocycles. The molecule has 1 aromatic heterocycles. The lowest BCUT2D eigenvalue weighted by atomic mass is 10.0. The first-order chi connectivity index (χ1) is 19.6. The van der Waals surface area contributed by atoms with Crippen LogP contribution in [0.15, 0.2) is 66.7 Å². The first kappa shape index (κ1) is 33.2. The monoisotopic (exact) mass is 606 g/mol. The summed E-state index contributed by atoms with van der Waals surface area (Å²) in [6.07, 6.45) is -3.41. The molecule has 11 heteroatoms. The van der Waals surface area contributed by atoms with E-state index in [2.05, 4.69) is 24.5 Å². The molecule has 2 aromatic carbocycles. The Labute approximate surface area is 250 Å². The van der Waals surface area contributed by atoms with Crippen LogP contribution in [-0.2, 0) is 25.7 Å². The van der Waals surface area contributed by atoms with E-state index in [1.165, 1.54) is 6.07 Å². The number of fused-ring (bicyclic) bond motifs is 1. The van der Waals surface area contributed by atoms with Gasteiger partial charge in [-0.1, -0.05) is 62.4 Å². The summed E-state index contributed by atoms with van der Waals surface area (Å²) in [7, 11) is 0. The first-order valence-corrected chi connectivity index (χ1v) is 14.0. The molecular weight excluding hydrogens is 569 g/mol. The number of hydrogen-bond donors (Lipinski definition) is 3. The number of aromatic nitrogens is 1. The zero-order chi connectivity index (χ0) is 29.6. The Morgan fingerprint density at radius 1 is 0.976 bits per heavy atom. The standard InChI is InChI=1S/C31H37F3N4O3.ClH/c1-3-24(4-2)37-15-16-38-26(13-14-27(38)30(37)41)29(40)36-25(18-21-9-6-5-7-10-21)28(39)20-35-19-22-11-8-12-23(17-22)31(32,33)34;/h5-14,17,24-25,28,35,39H,3-4,15-16,18-20H2,1-2H3,(H,36,40);1H/t25-,28-;/m0./s1. The van der Waals surface area contributed by atoms with Crippen LogP contribution in [0.3, 0.4) is 0 Å². The van der Waals surface area contributed by atoms with E-state index in [1.807, 2.05) is 35.2 Å². The van der Waals surface area contributed by atoms with Crippen LogP contribution in [0.1, 0.15) is 64.4 Å². The van der Waals surface area contributed by atoms with E-state index >= 15 is 0 Å². The second kappa shape index (κ2) is 14.7. The Morgan fingerprint density at radius 3 is 2.33 bits per heavy atom. The molecule has 3 aromatic rings. The largest absolute Gasteiger partial charge is 0.416 e. The normalized spacial score (nSPS) is 14.7. The van der Waals surface area contributed by atoms with Crippen molar-refractivity contribution in [2.24, 2.45) is 0 Å². The van der Waals surface area contributed by atoms with Gasteiger partial charge in [0, 0.05) is 32.2 Å². The van der Waals surface area contributed by atoms with Gasteiger partial charge in [-0.05, 0) is 48.6 Å². The fourth-order valence-electron chi connectivity index (χ4n) is 5.39. The van der Waals surface area contributed by atoms with E-state index in [4.69, 9.17) is 0 Å². The van der Waals surface area contributed by atoms with Crippen molar-refractivity contribution < 1.29 is 27.9 Å². The highest BCUT2D eigenvalue weighted by molar-refractivity contribution is 5.99. The number of halogens is 4. The van der Waals surface area contributed by atoms with Gasteiger partial charge in [0.1, 0.15) is 11.4 Å². The second-order valence-corrected chi connectivity index (χ2v) is 10.4. The molecule has 1 aliphatic rings. The smallest absolute Gasteiger partial charge is 0.390 e.